The van der Waals surface area contributed by atoms with Crippen LogP contribution < -0.4 is 0 Å². The number of aromatic nitrogens is 4. The second-order valence-electron chi connectivity index (χ2n) is 5.75. The third kappa shape index (κ3) is 2.27. The molecule has 0 atom stereocenters. The van der Waals surface area contributed by atoms with Gasteiger partial charge in [0.05, 0.1) is 21.6 Å². The van der Waals surface area contributed by atoms with E-state index in [2.05, 4.69) is 10.1 Å². The second kappa shape index (κ2) is 5.79. The Morgan fingerprint density at radius 2 is 1.81 bits per heavy atom. The predicted octanol–water partition coefficient (Wildman–Crippen LogP) is 4.62. The lowest BCUT2D eigenvalue weighted by atomic mass is 10.3. The quantitative estimate of drug-likeness (QED) is 0.430. The Morgan fingerprint density at radius 3 is 2.58 bits per heavy atom. The van der Waals surface area contributed by atoms with E-state index in [0.717, 1.165) is 16.7 Å². The van der Waals surface area contributed by atoms with Crippen LogP contribution >= 0.6 is 22.9 Å². The average molecular weight is 379 g/mol. The largest absolute Gasteiger partial charge is 0.284 e. The summed E-state index contributed by atoms with van der Waals surface area (Å²) >= 11 is 7.40. The Hall–Kier alpha value is -2.96. The molecule has 0 amide bonds. The van der Waals surface area contributed by atoms with E-state index >= 15 is 0 Å². The lowest BCUT2D eigenvalue weighted by Crippen LogP contribution is -2.06. The normalized spacial score (nSPS) is 11.4. The first kappa shape index (κ1) is 15.3. The van der Waals surface area contributed by atoms with Crippen molar-refractivity contribution in [2.24, 2.45) is 0 Å². The van der Waals surface area contributed by atoms with Crippen LogP contribution in [-0.4, -0.2) is 24.9 Å². The second-order valence-corrected chi connectivity index (χ2v) is 7.14. The topological polar surface area (TPSA) is 52.2 Å². The summed E-state index contributed by atoms with van der Waals surface area (Å²) in [6, 6.07) is 18.7. The predicted molar refractivity (Wildman–Crippen MR) is 103 cm³/mol. The molecule has 0 radical (unpaired) electrons. The first-order valence-corrected chi connectivity index (χ1v) is 9.18. The van der Waals surface area contributed by atoms with Crippen molar-refractivity contribution in [3.8, 4) is 5.69 Å². The zero-order valence-corrected chi connectivity index (χ0v) is 14.9. The first-order chi connectivity index (χ1) is 12.7. The Labute approximate surface area is 157 Å². The summed E-state index contributed by atoms with van der Waals surface area (Å²) in [7, 11) is 0. The summed E-state index contributed by atoms with van der Waals surface area (Å²) in [5.41, 5.74) is 2.45. The van der Waals surface area contributed by atoms with Gasteiger partial charge in [-0.25, -0.2) is 4.98 Å². The maximum Gasteiger partial charge on any atom is 0.240 e. The fourth-order valence-corrected chi connectivity index (χ4v) is 3.75. The standard InChI is InChI=1S/C19H11ClN4OS/c20-12-7-9-13(10-8-12)24-19-21-14-4-1-2-5-15(14)23(19)18(22-24)17(25)16-6-3-11-26-16/h1-11H. The molecule has 0 bridgehead atoms. The molecule has 0 fully saturated rings. The molecule has 126 valence electrons. The third-order valence-electron chi connectivity index (χ3n) is 4.16. The van der Waals surface area contributed by atoms with E-state index in [-0.39, 0.29) is 5.78 Å². The van der Waals surface area contributed by atoms with Gasteiger partial charge >= 0.3 is 0 Å². The summed E-state index contributed by atoms with van der Waals surface area (Å²) in [5, 5.41) is 7.11. The Kier molecular flexibility index (Phi) is 3.41. The molecular formula is C19H11ClN4OS. The van der Waals surface area contributed by atoms with Crippen molar-refractivity contribution in [2.75, 3.05) is 0 Å². The fourth-order valence-electron chi connectivity index (χ4n) is 2.97. The molecule has 0 aliphatic carbocycles. The number of rotatable bonds is 3. The van der Waals surface area contributed by atoms with Crippen LogP contribution in [0, 0.1) is 0 Å². The van der Waals surface area contributed by atoms with Crippen molar-refractivity contribution in [3.05, 3.63) is 81.8 Å². The van der Waals surface area contributed by atoms with E-state index < -0.39 is 0 Å². The number of hydrogen-bond acceptors (Lipinski definition) is 4. The van der Waals surface area contributed by atoms with Gasteiger partial charge in [-0.15, -0.1) is 16.4 Å². The number of carbonyl (C=O) groups excluding carboxylic acids is 1. The van der Waals surface area contributed by atoms with Crippen molar-refractivity contribution < 1.29 is 4.79 Å². The van der Waals surface area contributed by atoms with Crippen molar-refractivity contribution >= 4 is 45.5 Å². The minimum Gasteiger partial charge on any atom is -0.284 e. The highest BCUT2D eigenvalue weighted by Crippen LogP contribution is 2.24. The van der Waals surface area contributed by atoms with Gasteiger partial charge in [0.1, 0.15) is 0 Å². The lowest BCUT2D eigenvalue weighted by Gasteiger charge is -2.00. The Morgan fingerprint density at radius 1 is 1.00 bits per heavy atom. The molecule has 7 heteroatoms. The molecule has 0 aliphatic rings. The summed E-state index contributed by atoms with van der Waals surface area (Å²) in [6.45, 7) is 0. The number of thiophene rings is 1. The SMILES string of the molecule is O=C(c1cccs1)c1nn(-c2ccc(Cl)cc2)c2nc3ccccc3n12. The van der Waals surface area contributed by atoms with Gasteiger partial charge in [0.15, 0.2) is 0 Å². The minimum absolute atomic E-state index is 0.124. The van der Waals surface area contributed by atoms with E-state index in [0.29, 0.717) is 21.5 Å². The Bertz CT molecular complexity index is 1250. The summed E-state index contributed by atoms with van der Waals surface area (Å²) in [4.78, 5) is 18.4. The average Bonchev–Trinajstić information content (AvgIpc) is 3.38. The van der Waals surface area contributed by atoms with E-state index in [9.17, 15) is 4.79 Å². The molecule has 5 aromatic rings. The molecule has 5 rings (SSSR count). The zero-order valence-electron chi connectivity index (χ0n) is 13.3. The molecule has 0 aliphatic heterocycles. The lowest BCUT2D eigenvalue weighted by molar-refractivity contribution is 0.103. The summed E-state index contributed by atoms with van der Waals surface area (Å²) in [5.74, 6) is 0.806. The molecule has 3 heterocycles. The van der Waals surface area contributed by atoms with E-state index in [1.165, 1.54) is 11.3 Å². The van der Waals surface area contributed by atoms with Gasteiger partial charge in [-0.05, 0) is 47.8 Å². The number of ketones is 1. The summed E-state index contributed by atoms with van der Waals surface area (Å²) in [6.07, 6.45) is 0. The molecule has 3 aromatic heterocycles. The van der Waals surface area contributed by atoms with Crippen molar-refractivity contribution in [3.63, 3.8) is 0 Å². The highest BCUT2D eigenvalue weighted by molar-refractivity contribution is 7.12. The maximum absolute atomic E-state index is 13.0. The molecule has 0 saturated heterocycles. The number of benzene rings is 2. The van der Waals surface area contributed by atoms with Crippen LogP contribution in [0.1, 0.15) is 15.5 Å². The number of carbonyl (C=O) groups is 1. The van der Waals surface area contributed by atoms with Crippen LogP contribution in [0.3, 0.4) is 0 Å². The van der Waals surface area contributed by atoms with Crippen LogP contribution in [0.15, 0.2) is 66.0 Å². The van der Waals surface area contributed by atoms with Crippen molar-refractivity contribution in [2.45, 2.75) is 0 Å². The van der Waals surface area contributed by atoms with Gasteiger partial charge < -0.3 is 0 Å². The highest BCUT2D eigenvalue weighted by Gasteiger charge is 2.23. The van der Waals surface area contributed by atoms with Gasteiger partial charge in [-0.3, -0.25) is 9.20 Å². The molecule has 0 N–H and O–H groups in total. The fraction of sp³-hybridized carbons (Fsp3) is 0. The maximum atomic E-state index is 13.0. The molecular weight excluding hydrogens is 368 g/mol. The van der Waals surface area contributed by atoms with Crippen LogP contribution in [-0.2, 0) is 0 Å². The zero-order chi connectivity index (χ0) is 17.7. The molecule has 0 spiro atoms. The van der Waals surface area contributed by atoms with Gasteiger partial charge in [0.25, 0.3) is 0 Å². The van der Waals surface area contributed by atoms with Gasteiger partial charge in [-0.1, -0.05) is 29.8 Å². The minimum atomic E-state index is -0.124. The monoisotopic (exact) mass is 378 g/mol. The highest BCUT2D eigenvalue weighted by atomic mass is 35.5. The number of para-hydroxylation sites is 2. The molecule has 5 nitrogen and oxygen atoms in total. The van der Waals surface area contributed by atoms with Gasteiger partial charge in [-0.2, -0.15) is 4.68 Å². The number of imidazole rings is 1. The molecule has 0 unspecified atom stereocenters. The number of fused-ring (bicyclic) bond motifs is 3. The van der Waals surface area contributed by atoms with E-state index in [4.69, 9.17) is 11.6 Å². The van der Waals surface area contributed by atoms with Crippen molar-refractivity contribution in [1.29, 1.82) is 0 Å². The number of nitrogens with zero attached hydrogens (tertiary/aromatic N) is 4. The van der Waals surface area contributed by atoms with Crippen molar-refractivity contribution in [1.82, 2.24) is 19.2 Å². The van der Waals surface area contributed by atoms with Crippen LogP contribution in [0.25, 0.3) is 22.5 Å². The molecule has 26 heavy (non-hydrogen) atoms. The van der Waals surface area contributed by atoms with Gasteiger partial charge in [0.2, 0.25) is 17.4 Å². The van der Waals surface area contributed by atoms with Crippen LogP contribution in [0.2, 0.25) is 5.02 Å². The number of hydrogen-bond donors (Lipinski definition) is 0. The smallest absolute Gasteiger partial charge is 0.240 e. The van der Waals surface area contributed by atoms with E-state index in [1.54, 1.807) is 22.9 Å². The third-order valence-corrected chi connectivity index (χ3v) is 5.28. The molecule has 0 saturated carbocycles. The van der Waals surface area contributed by atoms with Gasteiger partial charge in [0, 0.05) is 5.02 Å². The first-order valence-electron chi connectivity index (χ1n) is 7.93. The van der Waals surface area contributed by atoms with Crippen LogP contribution in [0.5, 0.6) is 0 Å². The summed E-state index contributed by atoms with van der Waals surface area (Å²) < 4.78 is 3.49. The Balaban J connectivity index is 1.84. The molecule has 2 aromatic carbocycles. The van der Waals surface area contributed by atoms with E-state index in [1.807, 2.05) is 52.2 Å². The van der Waals surface area contributed by atoms with Crippen LogP contribution in [0.4, 0.5) is 0 Å². The number of halogens is 1.